The molecule has 0 spiro atoms. The SMILES string of the molecule is Cc1ccc(Nc2nc(-c3cc4c(ccc5ccccc54)oc3=O)cs2)cc1. The molecule has 28 heavy (non-hydrogen) atoms. The summed E-state index contributed by atoms with van der Waals surface area (Å²) >= 11 is 1.46. The first-order valence-corrected chi connectivity index (χ1v) is 9.80. The van der Waals surface area contributed by atoms with Gasteiger partial charge < -0.3 is 9.73 Å². The maximum Gasteiger partial charge on any atom is 0.345 e. The highest BCUT2D eigenvalue weighted by atomic mass is 32.1. The zero-order valence-electron chi connectivity index (χ0n) is 15.1. The van der Waals surface area contributed by atoms with Crippen molar-refractivity contribution in [1.29, 1.82) is 0 Å². The molecule has 0 atom stereocenters. The van der Waals surface area contributed by atoms with E-state index in [4.69, 9.17) is 4.42 Å². The molecule has 2 heterocycles. The van der Waals surface area contributed by atoms with Crippen molar-refractivity contribution in [1.82, 2.24) is 4.98 Å². The number of thiazole rings is 1. The predicted octanol–water partition coefficient (Wildman–Crippen LogP) is 6.12. The zero-order valence-corrected chi connectivity index (χ0v) is 15.9. The first-order chi connectivity index (χ1) is 13.7. The minimum absolute atomic E-state index is 0.380. The van der Waals surface area contributed by atoms with E-state index < -0.39 is 0 Å². The second kappa shape index (κ2) is 6.62. The zero-order chi connectivity index (χ0) is 19.1. The van der Waals surface area contributed by atoms with Crippen LogP contribution in [0.4, 0.5) is 10.8 Å². The van der Waals surface area contributed by atoms with Gasteiger partial charge in [0, 0.05) is 16.5 Å². The van der Waals surface area contributed by atoms with Crippen LogP contribution in [0.3, 0.4) is 0 Å². The monoisotopic (exact) mass is 384 g/mol. The van der Waals surface area contributed by atoms with E-state index in [2.05, 4.69) is 10.3 Å². The number of aromatic nitrogens is 1. The average Bonchev–Trinajstić information content (AvgIpc) is 3.17. The summed E-state index contributed by atoms with van der Waals surface area (Å²) in [6.45, 7) is 2.05. The van der Waals surface area contributed by atoms with Crippen LogP contribution >= 0.6 is 11.3 Å². The lowest BCUT2D eigenvalue weighted by Gasteiger charge is -2.04. The van der Waals surface area contributed by atoms with E-state index in [1.54, 1.807) is 0 Å². The van der Waals surface area contributed by atoms with E-state index in [9.17, 15) is 4.79 Å². The number of benzene rings is 3. The van der Waals surface area contributed by atoms with Gasteiger partial charge in [-0.2, -0.15) is 0 Å². The third-order valence-corrected chi connectivity index (χ3v) is 5.48. The molecule has 0 saturated carbocycles. The molecule has 5 aromatic rings. The van der Waals surface area contributed by atoms with Gasteiger partial charge in [0.25, 0.3) is 0 Å². The van der Waals surface area contributed by atoms with Crippen LogP contribution in [0, 0.1) is 6.92 Å². The lowest BCUT2D eigenvalue weighted by Crippen LogP contribution is -2.03. The van der Waals surface area contributed by atoms with Crippen molar-refractivity contribution in [2.24, 2.45) is 0 Å². The molecule has 0 saturated heterocycles. The Labute approximate surface area is 165 Å². The van der Waals surface area contributed by atoms with E-state index in [0.717, 1.165) is 27.0 Å². The van der Waals surface area contributed by atoms with Gasteiger partial charge in [0.05, 0.1) is 11.3 Å². The molecule has 136 valence electrons. The molecular formula is C23H16N2O2S. The fourth-order valence-electron chi connectivity index (χ4n) is 3.27. The molecule has 0 bridgehead atoms. The first-order valence-electron chi connectivity index (χ1n) is 8.92. The summed E-state index contributed by atoms with van der Waals surface area (Å²) < 4.78 is 5.58. The highest BCUT2D eigenvalue weighted by Gasteiger charge is 2.13. The number of nitrogens with one attached hydrogen (secondary N) is 1. The van der Waals surface area contributed by atoms with Gasteiger partial charge in [-0.15, -0.1) is 11.3 Å². The highest BCUT2D eigenvalue weighted by molar-refractivity contribution is 7.14. The van der Waals surface area contributed by atoms with Crippen LogP contribution in [0.1, 0.15) is 5.56 Å². The molecule has 5 heteroatoms. The number of fused-ring (bicyclic) bond motifs is 3. The summed E-state index contributed by atoms with van der Waals surface area (Å²) in [6, 6.07) is 21.9. The number of hydrogen-bond donors (Lipinski definition) is 1. The van der Waals surface area contributed by atoms with Crippen LogP contribution in [0.25, 0.3) is 33.0 Å². The lowest BCUT2D eigenvalue weighted by atomic mass is 10.0. The topological polar surface area (TPSA) is 55.1 Å². The van der Waals surface area contributed by atoms with Crippen LogP contribution < -0.4 is 10.9 Å². The smallest absolute Gasteiger partial charge is 0.345 e. The Kier molecular flexibility index (Phi) is 3.95. The molecule has 3 aromatic carbocycles. The van der Waals surface area contributed by atoms with Crippen LogP contribution in [-0.2, 0) is 0 Å². The second-order valence-corrected chi connectivity index (χ2v) is 7.53. The summed E-state index contributed by atoms with van der Waals surface area (Å²) in [6.07, 6.45) is 0. The van der Waals surface area contributed by atoms with Crippen molar-refractivity contribution < 1.29 is 4.42 Å². The predicted molar refractivity (Wildman–Crippen MR) is 116 cm³/mol. The largest absolute Gasteiger partial charge is 0.422 e. The van der Waals surface area contributed by atoms with Crippen molar-refractivity contribution in [2.45, 2.75) is 6.92 Å². The number of rotatable bonds is 3. The van der Waals surface area contributed by atoms with E-state index >= 15 is 0 Å². The Balaban J connectivity index is 1.58. The summed E-state index contributed by atoms with van der Waals surface area (Å²) in [5, 5.41) is 8.96. The molecular weight excluding hydrogens is 368 g/mol. The average molecular weight is 384 g/mol. The molecule has 0 fully saturated rings. The van der Waals surface area contributed by atoms with E-state index in [-0.39, 0.29) is 5.63 Å². The van der Waals surface area contributed by atoms with Gasteiger partial charge in [0.2, 0.25) is 0 Å². The number of hydrogen-bond acceptors (Lipinski definition) is 5. The van der Waals surface area contributed by atoms with Crippen molar-refractivity contribution >= 4 is 43.9 Å². The minimum atomic E-state index is -0.380. The first kappa shape index (κ1) is 16.7. The van der Waals surface area contributed by atoms with Gasteiger partial charge in [-0.25, -0.2) is 9.78 Å². The number of aryl methyl sites for hydroxylation is 1. The third kappa shape index (κ3) is 2.96. The summed E-state index contributed by atoms with van der Waals surface area (Å²) in [5.41, 5.74) is 3.45. The molecule has 5 rings (SSSR count). The molecule has 1 N–H and O–H groups in total. The molecule has 0 unspecified atom stereocenters. The molecule has 2 aromatic heterocycles. The van der Waals surface area contributed by atoms with Crippen LogP contribution in [-0.4, -0.2) is 4.98 Å². The standard InChI is InChI=1S/C23H16N2O2S/c1-14-6-9-16(10-7-14)24-23-25-20(13-28-23)19-12-18-17-5-3-2-4-15(17)8-11-21(18)27-22(19)26/h2-13H,1H3,(H,24,25). The molecule has 0 aliphatic carbocycles. The normalized spacial score (nSPS) is 11.2. The summed E-state index contributed by atoms with van der Waals surface area (Å²) in [7, 11) is 0. The Bertz CT molecular complexity index is 1370. The molecule has 0 aliphatic heterocycles. The van der Waals surface area contributed by atoms with Crippen LogP contribution in [0.15, 0.2) is 81.3 Å². The van der Waals surface area contributed by atoms with Gasteiger partial charge >= 0.3 is 5.63 Å². The maximum atomic E-state index is 12.6. The maximum absolute atomic E-state index is 12.6. The van der Waals surface area contributed by atoms with Gasteiger partial charge in [-0.3, -0.25) is 0 Å². The quantitative estimate of drug-likeness (QED) is 0.301. The fourth-order valence-corrected chi connectivity index (χ4v) is 4.00. The van der Waals surface area contributed by atoms with Gasteiger partial charge in [-0.05, 0) is 42.0 Å². The van der Waals surface area contributed by atoms with Crippen molar-refractivity contribution in [3.8, 4) is 11.3 Å². The summed E-state index contributed by atoms with van der Waals surface area (Å²) in [4.78, 5) is 17.1. The molecule has 0 amide bonds. The molecule has 0 radical (unpaired) electrons. The van der Waals surface area contributed by atoms with Crippen molar-refractivity contribution in [3.05, 3.63) is 88.1 Å². The molecule has 4 nitrogen and oxygen atoms in total. The Morgan fingerprint density at radius 2 is 1.79 bits per heavy atom. The van der Waals surface area contributed by atoms with E-state index in [1.165, 1.54) is 16.9 Å². The van der Waals surface area contributed by atoms with Crippen molar-refractivity contribution in [3.63, 3.8) is 0 Å². The van der Waals surface area contributed by atoms with E-state index in [0.29, 0.717) is 16.8 Å². The minimum Gasteiger partial charge on any atom is -0.422 e. The van der Waals surface area contributed by atoms with Crippen molar-refractivity contribution in [2.75, 3.05) is 5.32 Å². The Morgan fingerprint density at radius 1 is 0.964 bits per heavy atom. The summed E-state index contributed by atoms with van der Waals surface area (Å²) in [5.74, 6) is 0. The van der Waals surface area contributed by atoms with Crippen LogP contribution in [0.5, 0.6) is 0 Å². The number of anilines is 2. The Morgan fingerprint density at radius 3 is 2.64 bits per heavy atom. The Hall–Kier alpha value is -3.44. The lowest BCUT2D eigenvalue weighted by molar-refractivity contribution is 0.563. The van der Waals surface area contributed by atoms with Gasteiger partial charge in [0.1, 0.15) is 5.58 Å². The van der Waals surface area contributed by atoms with Crippen LogP contribution in [0.2, 0.25) is 0 Å². The van der Waals surface area contributed by atoms with E-state index in [1.807, 2.05) is 79.0 Å². The molecule has 0 aliphatic rings. The third-order valence-electron chi connectivity index (χ3n) is 4.72. The number of nitrogens with zero attached hydrogens (tertiary/aromatic N) is 1. The second-order valence-electron chi connectivity index (χ2n) is 6.67. The fraction of sp³-hybridized carbons (Fsp3) is 0.0435. The van der Waals surface area contributed by atoms with Gasteiger partial charge in [-0.1, -0.05) is 48.0 Å². The van der Waals surface area contributed by atoms with Gasteiger partial charge in [0.15, 0.2) is 5.13 Å². The highest BCUT2D eigenvalue weighted by Crippen LogP contribution is 2.30.